The van der Waals surface area contributed by atoms with Crippen LogP contribution < -0.4 is 85.1 Å². The molecule has 0 aliphatic heterocycles. The molecule has 0 aliphatic carbocycles. The van der Waals surface area contributed by atoms with Crippen LogP contribution in [-0.2, 0) is 0 Å². The van der Waals surface area contributed by atoms with Crippen LogP contribution >= 0.6 is 0 Å². The summed E-state index contributed by atoms with van der Waals surface area (Å²) in [6.45, 7) is 0. The number of hydrogen-bond acceptors (Lipinski definition) is 0. The van der Waals surface area contributed by atoms with E-state index >= 15 is 0 Å². The van der Waals surface area contributed by atoms with Gasteiger partial charge >= 0.3 is 176 Å². The first kappa shape index (κ1) is 28.5. The van der Waals surface area contributed by atoms with E-state index < -0.39 is 0 Å². The number of halogens is 3. The van der Waals surface area contributed by atoms with Gasteiger partial charge in [0.1, 0.15) is 0 Å². The molecule has 0 amide bonds. The van der Waals surface area contributed by atoms with Crippen molar-refractivity contribution in [1.82, 2.24) is 0 Å². The quantitative estimate of drug-likeness (QED) is 0.0818. The van der Waals surface area contributed by atoms with Crippen molar-refractivity contribution in [3.63, 3.8) is 0 Å². The molecule has 0 fully saturated rings. The summed E-state index contributed by atoms with van der Waals surface area (Å²) in [5.41, 5.74) is 0. The minimum atomic E-state index is 0. The van der Waals surface area contributed by atoms with Gasteiger partial charge in [-0.2, -0.15) is 0 Å². The van der Waals surface area contributed by atoms with Crippen molar-refractivity contribution >= 4 is 56.7 Å². The van der Waals surface area contributed by atoms with Gasteiger partial charge < -0.3 is 71.9 Å². The van der Waals surface area contributed by atoms with Gasteiger partial charge in [-0.25, -0.2) is 0 Å². The fraction of sp³-hybridized carbons (Fsp3) is 0. The number of hydrogen-bond donors (Lipinski definition) is 0. The molecule has 6 aromatic heterocycles. The third-order valence-corrected chi connectivity index (χ3v) is 9.11. The molecule has 0 unspecified atom stereocenters. The average molecular weight is 930 g/mol. The van der Waals surface area contributed by atoms with E-state index in [1.165, 1.54) is 13.2 Å². The Bertz CT molecular complexity index is 1020. The van der Waals surface area contributed by atoms with E-state index in [1.54, 1.807) is 0 Å². The zero-order valence-electron chi connectivity index (χ0n) is 15.6. The molecule has 0 N–H and O–H groups in total. The topological polar surface area (TPSA) is 12.3 Å². The number of pyridine rings is 3. The van der Waals surface area contributed by atoms with Crippen LogP contribution in [0.5, 0.6) is 0 Å². The molecule has 0 spiro atoms. The minimum absolute atomic E-state index is 0. The molecule has 0 saturated heterocycles. The zero-order chi connectivity index (χ0) is 18.3. The molecule has 0 atom stereocenters. The van der Waals surface area contributed by atoms with Gasteiger partial charge in [0.2, 0.25) is 0 Å². The van der Waals surface area contributed by atoms with Crippen molar-refractivity contribution < 1.29 is 85.1 Å². The van der Waals surface area contributed by atoms with E-state index in [4.69, 9.17) is 0 Å². The average Bonchev–Trinajstić information content (AvgIpc) is 3.48. The molecule has 156 valence electrons. The summed E-state index contributed by atoms with van der Waals surface area (Å²) >= 11 is 1.75. The second-order valence-electron chi connectivity index (χ2n) is 5.55. The zero-order valence-corrected chi connectivity index (χ0v) is 27.2. The van der Waals surface area contributed by atoms with Crippen molar-refractivity contribution in [2.45, 2.75) is 0 Å². The third-order valence-electron chi connectivity index (χ3n) is 3.78. The molecule has 3 nitrogen and oxygen atoms in total. The van der Waals surface area contributed by atoms with E-state index in [0.717, 1.165) is 0 Å². The summed E-state index contributed by atoms with van der Waals surface area (Å²) in [6.07, 6.45) is 12.6. The molecule has 0 saturated carbocycles. The van der Waals surface area contributed by atoms with Crippen LogP contribution in [0, 0.1) is 0 Å². The number of rotatable bonds is 0. The Hall–Kier alpha value is 0.418. The van der Waals surface area contributed by atoms with Crippen molar-refractivity contribution in [2.24, 2.45) is 0 Å². The van der Waals surface area contributed by atoms with Gasteiger partial charge in [0.15, 0.2) is 0 Å². The fourth-order valence-electron chi connectivity index (χ4n) is 2.49. The van der Waals surface area contributed by atoms with E-state index in [1.807, 2.05) is 0 Å². The summed E-state index contributed by atoms with van der Waals surface area (Å²) in [4.78, 5) is 6.67. The summed E-state index contributed by atoms with van der Waals surface area (Å²) in [5.74, 6) is 0. The van der Waals surface area contributed by atoms with Crippen LogP contribution in [0.25, 0.3) is 13.2 Å². The molecule has 0 radical (unpaired) electrons. The predicted molar refractivity (Wildman–Crippen MR) is 110 cm³/mol. The van der Waals surface area contributed by atoms with Crippen LogP contribution in [-0.4, -0.2) is 43.5 Å². The van der Waals surface area contributed by atoms with Crippen LogP contribution in [0.1, 0.15) is 0 Å². The van der Waals surface area contributed by atoms with Crippen molar-refractivity contribution in [2.75, 3.05) is 0 Å². The van der Waals surface area contributed by atoms with Crippen LogP contribution in [0.2, 0.25) is 0 Å². The van der Waals surface area contributed by atoms with Crippen LogP contribution in [0.4, 0.5) is 0 Å². The molecule has 0 aromatic carbocycles. The molecular weight excluding hydrogens is 912 g/mol. The third kappa shape index (κ3) is 8.08. The molecule has 0 aliphatic rings. The Morgan fingerprint density at radius 1 is 0.400 bits per heavy atom. The monoisotopic (exact) mass is 933 g/mol. The van der Waals surface area contributed by atoms with Crippen molar-refractivity contribution in [3.8, 4) is 0 Å². The molecule has 6 rings (SSSR count). The number of nitrogens with zero attached hydrogens (tertiary/aromatic N) is 3. The molecular formula is C21H18I3N3Se3. The van der Waals surface area contributed by atoms with Gasteiger partial charge in [-0.15, -0.1) is 0 Å². The Morgan fingerprint density at radius 2 is 0.700 bits per heavy atom. The summed E-state index contributed by atoms with van der Waals surface area (Å²) < 4.78 is 10.8. The van der Waals surface area contributed by atoms with Gasteiger partial charge in [0.25, 0.3) is 0 Å². The Balaban J connectivity index is 0.000000214. The number of fused-ring (bicyclic) bond motifs is 3. The Labute approximate surface area is 245 Å². The second kappa shape index (κ2) is 15.3. The first-order valence-electron chi connectivity index (χ1n) is 8.41. The molecule has 6 heterocycles. The molecule has 30 heavy (non-hydrogen) atoms. The van der Waals surface area contributed by atoms with Crippen molar-refractivity contribution in [1.29, 1.82) is 0 Å². The van der Waals surface area contributed by atoms with E-state index in [0.29, 0.717) is 43.5 Å². The van der Waals surface area contributed by atoms with E-state index in [-0.39, 0.29) is 71.9 Å². The van der Waals surface area contributed by atoms with Gasteiger partial charge in [-0.1, -0.05) is 0 Å². The normalized spacial score (nSPS) is 9.20. The standard InChI is InChI=1S/3C7H6NSe.3HI/c3*1-2-4-8-5-6-9-7(8)3-1;;;/h3*1-6H;3*1H/q3*+1;;;/p-3. The van der Waals surface area contributed by atoms with Crippen LogP contribution in [0.15, 0.2) is 107 Å². The Morgan fingerprint density at radius 3 is 0.967 bits per heavy atom. The summed E-state index contributed by atoms with van der Waals surface area (Å²) in [7, 11) is 0. The van der Waals surface area contributed by atoms with E-state index in [9.17, 15) is 0 Å². The summed E-state index contributed by atoms with van der Waals surface area (Å²) in [6, 6.07) is 18.9. The van der Waals surface area contributed by atoms with Gasteiger partial charge in [0.05, 0.1) is 0 Å². The van der Waals surface area contributed by atoms with Crippen LogP contribution in [0.3, 0.4) is 0 Å². The van der Waals surface area contributed by atoms with Gasteiger partial charge in [0, 0.05) is 0 Å². The first-order chi connectivity index (χ1) is 13.4. The Kier molecular flexibility index (Phi) is 14.5. The number of aromatic nitrogens is 3. The maximum atomic E-state index is 2.22. The van der Waals surface area contributed by atoms with Gasteiger partial charge in [-0.3, -0.25) is 0 Å². The molecule has 0 bridgehead atoms. The maximum absolute atomic E-state index is 2.22. The second-order valence-corrected chi connectivity index (χ2v) is 11.4. The SMILES string of the molecule is [I-].[I-].[I-].c1cc[n+]2cc[se]c2c1.c1cc[n+]2cc[se]c2c1.c1cc[n+]2cc[se]c2c1. The molecule has 9 heteroatoms. The first-order valence-corrected chi connectivity index (χ1v) is 13.9. The predicted octanol–water partition coefficient (Wildman–Crippen LogP) is -7.54. The van der Waals surface area contributed by atoms with Gasteiger partial charge in [-0.05, 0) is 0 Å². The summed E-state index contributed by atoms with van der Waals surface area (Å²) in [5, 5.41) is 0. The van der Waals surface area contributed by atoms with E-state index in [2.05, 4.69) is 120 Å². The van der Waals surface area contributed by atoms with Crippen molar-refractivity contribution in [3.05, 3.63) is 107 Å². The molecule has 6 aromatic rings. The fourth-order valence-corrected chi connectivity index (χ4v) is 7.09.